The number of hydrogen-bond acceptors (Lipinski definition) is 5. The molecule has 0 atom stereocenters. The van der Waals surface area contributed by atoms with Crippen LogP contribution in [0, 0.1) is 0 Å². The molecule has 1 aliphatic heterocycles. The van der Waals surface area contributed by atoms with Crippen molar-refractivity contribution in [2.24, 2.45) is 0 Å². The molecule has 0 saturated carbocycles. The Labute approximate surface area is 172 Å². The molecule has 7 heteroatoms. The average molecular weight is 406 g/mol. The van der Waals surface area contributed by atoms with Gasteiger partial charge >= 0.3 is 0 Å². The summed E-state index contributed by atoms with van der Waals surface area (Å²) in [4.78, 5) is 27.0. The first-order valence-electron chi connectivity index (χ1n) is 9.14. The number of rotatable bonds is 5. The summed E-state index contributed by atoms with van der Waals surface area (Å²) in [5.41, 5.74) is 0.664. The molecule has 1 aromatic heterocycles. The second-order valence-electron chi connectivity index (χ2n) is 6.42. The highest BCUT2D eigenvalue weighted by Gasteiger charge is 2.34. The van der Waals surface area contributed by atoms with Gasteiger partial charge in [-0.3, -0.25) is 19.8 Å². The molecule has 6 nitrogen and oxygen atoms in total. The fourth-order valence-electron chi connectivity index (χ4n) is 3.25. The topological polar surface area (TPSA) is 71.8 Å². The Kier molecular flexibility index (Phi) is 5.14. The number of carbonyl (C=O) groups is 2. The molecule has 1 aliphatic rings. The van der Waals surface area contributed by atoms with Gasteiger partial charge in [-0.15, -0.1) is 0 Å². The van der Waals surface area contributed by atoms with Crippen LogP contribution < -0.4 is 10.1 Å². The average Bonchev–Trinajstić information content (AvgIpc) is 3.23. The van der Waals surface area contributed by atoms with Gasteiger partial charge in [0.25, 0.3) is 11.8 Å². The third-order valence-electron chi connectivity index (χ3n) is 4.60. The van der Waals surface area contributed by atoms with Gasteiger partial charge in [0.05, 0.1) is 19.4 Å². The number of ether oxygens (including phenoxy) is 1. The second-order valence-corrected chi connectivity index (χ2v) is 6.81. The summed E-state index contributed by atoms with van der Waals surface area (Å²) in [6, 6.07) is 15.0. The summed E-state index contributed by atoms with van der Waals surface area (Å²) in [5.74, 6) is 0.151. The van der Waals surface area contributed by atoms with Crippen molar-refractivity contribution in [3.63, 3.8) is 0 Å². The van der Waals surface area contributed by atoms with Gasteiger partial charge in [0, 0.05) is 5.56 Å². The molecule has 0 aliphatic carbocycles. The van der Waals surface area contributed by atoms with Crippen molar-refractivity contribution in [2.45, 2.75) is 13.5 Å². The molecule has 29 heavy (non-hydrogen) atoms. The van der Waals surface area contributed by atoms with E-state index in [1.54, 1.807) is 18.2 Å². The minimum absolute atomic E-state index is 0.0116. The van der Waals surface area contributed by atoms with Crippen LogP contribution in [-0.2, 0) is 16.1 Å². The Morgan fingerprint density at radius 2 is 1.97 bits per heavy atom. The quantitative estimate of drug-likeness (QED) is 0.398. The largest absolute Gasteiger partial charge is 0.493 e. The Morgan fingerprint density at radius 1 is 1.14 bits per heavy atom. The van der Waals surface area contributed by atoms with Crippen molar-refractivity contribution in [1.82, 2.24) is 10.2 Å². The molecule has 2 aromatic carbocycles. The van der Waals surface area contributed by atoms with Crippen LogP contribution in [0.15, 0.2) is 64.8 Å². The fourth-order valence-corrected chi connectivity index (χ4v) is 3.49. The molecule has 0 radical (unpaired) electrons. The van der Waals surface area contributed by atoms with Gasteiger partial charge in [0.2, 0.25) is 0 Å². The van der Waals surface area contributed by atoms with Crippen molar-refractivity contribution in [3.8, 4) is 5.75 Å². The Balaban J connectivity index is 1.80. The SMILES string of the molecule is CCOc1ccc2ccccc2c1/C=C1\C(=O)NC(=S)N(Cc2ccco2)C1=O. The number of amides is 2. The third-order valence-corrected chi connectivity index (χ3v) is 4.92. The van der Waals surface area contributed by atoms with Crippen LogP contribution in [0.5, 0.6) is 5.75 Å². The van der Waals surface area contributed by atoms with E-state index < -0.39 is 11.8 Å². The van der Waals surface area contributed by atoms with E-state index in [2.05, 4.69) is 5.32 Å². The van der Waals surface area contributed by atoms with Crippen LogP contribution in [0.4, 0.5) is 0 Å². The zero-order valence-electron chi connectivity index (χ0n) is 15.7. The summed E-state index contributed by atoms with van der Waals surface area (Å²) in [6.07, 6.45) is 3.09. The molecule has 2 amide bonds. The third kappa shape index (κ3) is 3.64. The highest BCUT2D eigenvalue weighted by Crippen LogP contribution is 2.31. The van der Waals surface area contributed by atoms with Crippen molar-refractivity contribution < 1.29 is 18.7 Å². The highest BCUT2D eigenvalue weighted by molar-refractivity contribution is 7.80. The maximum atomic E-state index is 13.1. The number of carbonyl (C=O) groups excluding carboxylic acids is 2. The standard InChI is InChI=1S/C22H18N2O4S/c1-2-27-19-10-9-14-6-3-4-8-16(14)17(19)12-18-20(25)23-22(29)24(21(18)26)13-15-7-5-11-28-15/h3-12H,2,13H2,1H3,(H,23,25,29)/b18-12+. The van der Waals surface area contributed by atoms with Gasteiger partial charge in [-0.1, -0.05) is 30.3 Å². The number of hydrogen-bond donors (Lipinski definition) is 1. The number of nitrogens with one attached hydrogen (secondary N) is 1. The number of furan rings is 1. The molecular weight excluding hydrogens is 388 g/mol. The molecular formula is C22H18N2O4S. The van der Waals surface area contributed by atoms with Gasteiger partial charge in [0.15, 0.2) is 5.11 Å². The molecule has 4 rings (SSSR count). The van der Waals surface area contributed by atoms with Crippen molar-refractivity contribution >= 4 is 46.0 Å². The number of fused-ring (bicyclic) bond motifs is 1. The summed E-state index contributed by atoms with van der Waals surface area (Å²) in [5, 5.41) is 4.51. The zero-order chi connectivity index (χ0) is 20.4. The van der Waals surface area contributed by atoms with E-state index in [1.165, 1.54) is 11.2 Å². The first kappa shape index (κ1) is 18.9. The van der Waals surface area contributed by atoms with Crippen LogP contribution in [0.3, 0.4) is 0 Å². The van der Waals surface area contributed by atoms with Gasteiger partial charge < -0.3 is 9.15 Å². The van der Waals surface area contributed by atoms with Gasteiger partial charge in [0.1, 0.15) is 17.1 Å². The lowest BCUT2D eigenvalue weighted by atomic mass is 10.00. The molecule has 0 unspecified atom stereocenters. The lowest BCUT2D eigenvalue weighted by molar-refractivity contribution is -0.129. The van der Waals surface area contributed by atoms with E-state index in [4.69, 9.17) is 21.4 Å². The van der Waals surface area contributed by atoms with E-state index >= 15 is 0 Å². The van der Waals surface area contributed by atoms with E-state index in [-0.39, 0.29) is 17.2 Å². The Morgan fingerprint density at radius 3 is 2.72 bits per heavy atom. The normalized spacial score (nSPS) is 15.8. The van der Waals surface area contributed by atoms with Crippen molar-refractivity contribution in [1.29, 1.82) is 0 Å². The zero-order valence-corrected chi connectivity index (χ0v) is 16.5. The molecule has 2 heterocycles. The predicted octanol–water partition coefficient (Wildman–Crippen LogP) is 3.66. The number of thiocarbonyl (C=S) groups is 1. The summed E-state index contributed by atoms with van der Waals surface area (Å²) >= 11 is 5.20. The van der Waals surface area contributed by atoms with Crippen LogP contribution in [0.2, 0.25) is 0 Å². The minimum Gasteiger partial charge on any atom is -0.493 e. The van der Waals surface area contributed by atoms with E-state index in [9.17, 15) is 9.59 Å². The highest BCUT2D eigenvalue weighted by atomic mass is 32.1. The monoisotopic (exact) mass is 406 g/mol. The molecule has 3 aromatic rings. The fraction of sp³-hybridized carbons (Fsp3) is 0.136. The molecule has 1 N–H and O–H groups in total. The smallest absolute Gasteiger partial charge is 0.266 e. The lowest BCUT2D eigenvalue weighted by Crippen LogP contribution is -2.53. The van der Waals surface area contributed by atoms with Crippen molar-refractivity contribution in [2.75, 3.05) is 6.61 Å². The molecule has 146 valence electrons. The number of nitrogens with zero attached hydrogens (tertiary/aromatic N) is 1. The first-order valence-corrected chi connectivity index (χ1v) is 9.55. The predicted molar refractivity (Wildman–Crippen MR) is 113 cm³/mol. The van der Waals surface area contributed by atoms with Crippen molar-refractivity contribution in [3.05, 3.63) is 71.7 Å². The van der Waals surface area contributed by atoms with E-state index in [1.807, 2.05) is 43.3 Å². The maximum Gasteiger partial charge on any atom is 0.266 e. The molecule has 0 bridgehead atoms. The first-order chi connectivity index (χ1) is 14.1. The Bertz CT molecular complexity index is 1130. The maximum absolute atomic E-state index is 13.1. The van der Waals surface area contributed by atoms with Gasteiger partial charge in [-0.25, -0.2) is 0 Å². The second kappa shape index (κ2) is 7.89. The van der Waals surface area contributed by atoms with E-state index in [0.717, 1.165) is 10.8 Å². The summed E-state index contributed by atoms with van der Waals surface area (Å²) in [7, 11) is 0. The number of benzene rings is 2. The summed E-state index contributed by atoms with van der Waals surface area (Å²) < 4.78 is 11.1. The van der Waals surface area contributed by atoms with Gasteiger partial charge in [-0.2, -0.15) is 0 Å². The minimum atomic E-state index is -0.536. The molecule has 1 saturated heterocycles. The lowest BCUT2D eigenvalue weighted by Gasteiger charge is -2.28. The van der Waals surface area contributed by atoms with E-state index in [0.29, 0.717) is 23.7 Å². The van der Waals surface area contributed by atoms with Crippen LogP contribution in [-0.4, -0.2) is 28.4 Å². The molecule has 0 spiro atoms. The van der Waals surface area contributed by atoms with Crippen LogP contribution >= 0.6 is 12.2 Å². The van der Waals surface area contributed by atoms with Crippen LogP contribution in [0.1, 0.15) is 18.2 Å². The molecule has 1 fully saturated rings. The van der Waals surface area contributed by atoms with Gasteiger partial charge in [-0.05, 0) is 54.2 Å². The Hall–Kier alpha value is -3.45. The summed E-state index contributed by atoms with van der Waals surface area (Å²) in [6.45, 7) is 2.48. The van der Waals surface area contributed by atoms with Crippen LogP contribution in [0.25, 0.3) is 16.8 Å².